The molecule has 1 rings (SSSR count). The number of hydrogen-bond donors (Lipinski definition) is 2. The molecule has 0 atom stereocenters. The van der Waals surface area contributed by atoms with Crippen LogP contribution in [0.4, 0.5) is 5.69 Å². The van der Waals surface area contributed by atoms with Crippen molar-refractivity contribution in [1.82, 2.24) is 5.32 Å². The Morgan fingerprint density at radius 3 is 2.56 bits per heavy atom. The van der Waals surface area contributed by atoms with Gasteiger partial charge < -0.3 is 10.6 Å². The van der Waals surface area contributed by atoms with Crippen LogP contribution in [0, 0.1) is 6.92 Å². The summed E-state index contributed by atoms with van der Waals surface area (Å²) < 4.78 is 1.10. The van der Waals surface area contributed by atoms with Crippen molar-refractivity contribution in [3.63, 3.8) is 0 Å². The summed E-state index contributed by atoms with van der Waals surface area (Å²) in [5.41, 5.74) is 2.06. The minimum atomic E-state index is -0.161. The van der Waals surface area contributed by atoms with Gasteiger partial charge in [0.2, 0.25) is 5.91 Å². The molecule has 3 nitrogen and oxygen atoms in total. The molecular formula is C14H21BrN2O. The van der Waals surface area contributed by atoms with E-state index in [9.17, 15) is 4.79 Å². The van der Waals surface area contributed by atoms with Crippen LogP contribution in [-0.2, 0) is 4.79 Å². The molecule has 1 amide bonds. The van der Waals surface area contributed by atoms with E-state index < -0.39 is 0 Å². The van der Waals surface area contributed by atoms with Crippen LogP contribution in [0.25, 0.3) is 0 Å². The molecule has 0 aromatic heterocycles. The fourth-order valence-corrected chi connectivity index (χ4v) is 1.80. The largest absolute Gasteiger partial charge is 0.385 e. The lowest BCUT2D eigenvalue weighted by Gasteiger charge is -2.20. The van der Waals surface area contributed by atoms with Gasteiger partial charge in [-0.05, 0) is 51.5 Å². The van der Waals surface area contributed by atoms with E-state index in [0.29, 0.717) is 13.0 Å². The average molecular weight is 313 g/mol. The van der Waals surface area contributed by atoms with Crippen molar-refractivity contribution in [2.75, 3.05) is 11.9 Å². The first-order chi connectivity index (χ1) is 8.28. The molecule has 0 fully saturated rings. The van der Waals surface area contributed by atoms with Gasteiger partial charge in [-0.2, -0.15) is 0 Å². The molecule has 0 saturated heterocycles. The SMILES string of the molecule is Cc1cc(NCCC(=O)NC(C)(C)C)ccc1Br. The molecule has 1 aromatic rings. The van der Waals surface area contributed by atoms with Crippen molar-refractivity contribution < 1.29 is 4.79 Å². The summed E-state index contributed by atoms with van der Waals surface area (Å²) >= 11 is 3.46. The van der Waals surface area contributed by atoms with Gasteiger partial charge in [-0.1, -0.05) is 15.9 Å². The first-order valence-electron chi connectivity index (χ1n) is 6.09. The van der Waals surface area contributed by atoms with Gasteiger partial charge in [0.1, 0.15) is 0 Å². The Morgan fingerprint density at radius 2 is 2.00 bits per heavy atom. The van der Waals surface area contributed by atoms with Gasteiger partial charge in [-0.3, -0.25) is 4.79 Å². The molecule has 18 heavy (non-hydrogen) atoms. The smallest absolute Gasteiger partial charge is 0.222 e. The lowest BCUT2D eigenvalue weighted by Crippen LogP contribution is -2.41. The van der Waals surface area contributed by atoms with Crippen LogP contribution >= 0.6 is 15.9 Å². The average Bonchev–Trinajstić information content (AvgIpc) is 2.20. The Bertz CT molecular complexity index is 424. The standard InChI is InChI=1S/C14H21BrN2O/c1-10-9-11(5-6-12(10)15)16-8-7-13(18)17-14(2,3)4/h5-6,9,16H,7-8H2,1-4H3,(H,17,18). The lowest BCUT2D eigenvalue weighted by atomic mass is 10.1. The molecule has 0 radical (unpaired) electrons. The molecule has 0 unspecified atom stereocenters. The van der Waals surface area contributed by atoms with Gasteiger partial charge in [0.15, 0.2) is 0 Å². The summed E-state index contributed by atoms with van der Waals surface area (Å²) in [7, 11) is 0. The first kappa shape index (κ1) is 15.0. The van der Waals surface area contributed by atoms with Crippen LogP contribution < -0.4 is 10.6 Å². The Balaban J connectivity index is 2.38. The number of carbonyl (C=O) groups excluding carboxylic acids is 1. The second-order valence-corrected chi connectivity index (χ2v) is 6.29. The highest BCUT2D eigenvalue weighted by atomic mass is 79.9. The van der Waals surface area contributed by atoms with Crippen LogP contribution in [0.15, 0.2) is 22.7 Å². The monoisotopic (exact) mass is 312 g/mol. The molecule has 0 aliphatic rings. The van der Waals surface area contributed by atoms with Gasteiger partial charge in [0.25, 0.3) is 0 Å². The maximum atomic E-state index is 11.6. The number of hydrogen-bond acceptors (Lipinski definition) is 2. The third-order valence-corrected chi connectivity index (χ3v) is 3.24. The Hall–Kier alpha value is -1.03. The summed E-state index contributed by atoms with van der Waals surface area (Å²) in [5.74, 6) is 0.0730. The number of rotatable bonds is 4. The number of benzene rings is 1. The molecule has 100 valence electrons. The van der Waals surface area contributed by atoms with Crippen LogP contribution in [0.5, 0.6) is 0 Å². The van der Waals surface area contributed by atoms with Crippen molar-refractivity contribution in [2.24, 2.45) is 0 Å². The molecule has 4 heteroatoms. The van der Waals surface area contributed by atoms with E-state index in [4.69, 9.17) is 0 Å². The van der Waals surface area contributed by atoms with Crippen molar-refractivity contribution in [1.29, 1.82) is 0 Å². The summed E-state index contributed by atoms with van der Waals surface area (Å²) in [5, 5.41) is 6.19. The molecule has 0 aliphatic carbocycles. The molecule has 0 spiro atoms. The van der Waals surface area contributed by atoms with E-state index >= 15 is 0 Å². The van der Waals surface area contributed by atoms with Crippen LogP contribution in [-0.4, -0.2) is 18.0 Å². The maximum Gasteiger partial charge on any atom is 0.222 e. The Kier molecular flexibility index (Phi) is 5.20. The van der Waals surface area contributed by atoms with E-state index in [1.165, 1.54) is 5.56 Å². The van der Waals surface area contributed by atoms with E-state index in [0.717, 1.165) is 10.2 Å². The van der Waals surface area contributed by atoms with E-state index in [2.05, 4.69) is 32.6 Å². The summed E-state index contributed by atoms with van der Waals surface area (Å²) in [6, 6.07) is 6.07. The second-order valence-electron chi connectivity index (χ2n) is 5.44. The molecule has 2 N–H and O–H groups in total. The molecule has 0 heterocycles. The Labute approximate surface area is 117 Å². The number of carbonyl (C=O) groups is 1. The minimum absolute atomic E-state index is 0.0730. The zero-order valence-corrected chi connectivity index (χ0v) is 13.0. The van der Waals surface area contributed by atoms with Crippen molar-refractivity contribution in [3.8, 4) is 0 Å². The van der Waals surface area contributed by atoms with Crippen molar-refractivity contribution in [3.05, 3.63) is 28.2 Å². The fraction of sp³-hybridized carbons (Fsp3) is 0.500. The first-order valence-corrected chi connectivity index (χ1v) is 6.88. The normalized spacial score (nSPS) is 11.2. The summed E-state index contributed by atoms with van der Waals surface area (Å²) in [4.78, 5) is 11.6. The number of nitrogens with one attached hydrogen (secondary N) is 2. The highest BCUT2D eigenvalue weighted by molar-refractivity contribution is 9.10. The zero-order valence-electron chi connectivity index (χ0n) is 11.4. The highest BCUT2D eigenvalue weighted by Gasteiger charge is 2.12. The van der Waals surface area contributed by atoms with E-state index in [1.54, 1.807) is 0 Å². The van der Waals surface area contributed by atoms with Crippen molar-refractivity contribution >= 4 is 27.5 Å². The highest BCUT2D eigenvalue weighted by Crippen LogP contribution is 2.19. The topological polar surface area (TPSA) is 41.1 Å². The molecule has 0 saturated carbocycles. The van der Waals surface area contributed by atoms with Crippen molar-refractivity contribution in [2.45, 2.75) is 39.7 Å². The fourth-order valence-electron chi connectivity index (χ4n) is 1.56. The van der Waals surface area contributed by atoms with Gasteiger partial charge in [0, 0.05) is 28.7 Å². The zero-order chi connectivity index (χ0) is 13.8. The van der Waals surface area contributed by atoms with Crippen LogP contribution in [0.3, 0.4) is 0 Å². The van der Waals surface area contributed by atoms with E-state index in [-0.39, 0.29) is 11.4 Å². The number of aryl methyl sites for hydroxylation is 1. The van der Waals surface area contributed by atoms with Crippen LogP contribution in [0.2, 0.25) is 0 Å². The summed E-state index contributed by atoms with van der Waals surface area (Å²) in [6.07, 6.45) is 0.479. The third-order valence-electron chi connectivity index (χ3n) is 2.35. The van der Waals surface area contributed by atoms with E-state index in [1.807, 2.05) is 39.8 Å². The molecular weight excluding hydrogens is 292 g/mol. The van der Waals surface area contributed by atoms with Gasteiger partial charge >= 0.3 is 0 Å². The number of halogens is 1. The third kappa shape index (κ3) is 5.54. The molecule has 0 aliphatic heterocycles. The Morgan fingerprint density at radius 1 is 1.33 bits per heavy atom. The lowest BCUT2D eigenvalue weighted by molar-refractivity contribution is -0.122. The van der Waals surface area contributed by atoms with Crippen LogP contribution in [0.1, 0.15) is 32.8 Å². The van der Waals surface area contributed by atoms with Gasteiger partial charge in [-0.25, -0.2) is 0 Å². The second kappa shape index (κ2) is 6.23. The summed E-state index contributed by atoms with van der Waals surface area (Å²) in [6.45, 7) is 8.63. The van der Waals surface area contributed by atoms with Gasteiger partial charge in [0.05, 0.1) is 0 Å². The van der Waals surface area contributed by atoms with Gasteiger partial charge in [-0.15, -0.1) is 0 Å². The molecule has 0 bridgehead atoms. The number of anilines is 1. The number of amides is 1. The molecule has 1 aromatic carbocycles. The maximum absolute atomic E-state index is 11.6. The predicted molar refractivity (Wildman–Crippen MR) is 79.9 cm³/mol. The quantitative estimate of drug-likeness (QED) is 0.893. The predicted octanol–water partition coefficient (Wildman–Crippen LogP) is 3.47. The minimum Gasteiger partial charge on any atom is -0.385 e.